The van der Waals surface area contributed by atoms with Crippen LogP contribution in [0.5, 0.6) is 5.75 Å². The van der Waals surface area contributed by atoms with Crippen LogP contribution in [0.4, 0.5) is 5.69 Å². The zero-order valence-corrected chi connectivity index (χ0v) is 12.2. The van der Waals surface area contributed by atoms with Gasteiger partial charge in [0.05, 0.1) is 5.56 Å². The van der Waals surface area contributed by atoms with E-state index >= 15 is 0 Å². The van der Waals surface area contributed by atoms with Gasteiger partial charge < -0.3 is 4.74 Å². The molecule has 2 heteroatoms. The van der Waals surface area contributed by atoms with Gasteiger partial charge >= 0.3 is 0 Å². The molecule has 2 aromatic carbocycles. The van der Waals surface area contributed by atoms with Gasteiger partial charge in [-0.05, 0) is 17.5 Å². The van der Waals surface area contributed by atoms with Gasteiger partial charge in [0.15, 0.2) is 6.21 Å². The standard InChI is InChI=1S/C18H20NO/c1-13(2)17-11-7-8-15-12-19(14(3)20-18(15)17)16-9-5-4-6-10-16/h4-14H,1-3H3/q+1. The fourth-order valence-corrected chi connectivity index (χ4v) is 2.63. The Kier molecular flexibility index (Phi) is 3.31. The highest BCUT2D eigenvalue weighted by molar-refractivity contribution is 5.82. The molecule has 1 unspecified atom stereocenters. The quantitative estimate of drug-likeness (QED) is 0.738. The second-order valence-corrected chi connectivity index (χ2v) is 5.51. The third-order valence-corrected chi connectivity index (χ3v) is 3.71. The summed E-state index contributed by atoms with van der Waals surface area (Å²) < 4.78 is 8.36. The van der Waals surface area contributed by atoms with Crippen LogP contribution in [0.15, 0.2) is 48.5 Å². The van der Waals surface area contributed by atoms with Gasteiger partial charge in [-0.15, -0.1) is 0 Å². The minimum atomic E-state index is 0.00444. The Hall–Kier alpha value is -2.09. The van der Waals surface area contributed by atoms with Crippen molar-refractivity contribution in [3.63, 3.8) is 0 Å². The summed E-state index contributed by atoms with van der Waals surface area (Å²) in [6.07, 6.45) is 2.19. The van der Waals surface area contributed by atoms with Crippen LogP contribution in [0.3, 0.4) is 0 Å². The molecule has 0 saturated carbocycles. The van der Waals surface area contributed by atoms with E-state index in [1.54, 1.807) is 0 Å². The van der Waals surface area contributed by atoms with Crippen molar-refractivity contribution in [2.45, 2.75) is 32.9 Å². The van der Waals surface area contributed by atoms with Crippen LogP contribution in [0.25, 0.3) is 0 Å². The lowest BCUT2D eigenvalue weighted by atomic mass is 9.99. The number of hydrogen-bond donors (Lipinski definition) is 0. The minimum Gasteiger partial charge on any atom is -0.433 e. The van der Waals surface area contributed by atoms with Gasteiger partial charge in [-0.2, -0.15) is 4.58 Å². The number of rotatable bonds is 2. The number of fused-ring (bicyclic) bond motifs is 1. The molecule has 1 atom stereocenters. The first kappa shape index (κ1) is 12.9. The summed E-state index contributed by atoms with van der Waals surface area (Å²) in [5.74, 6) is 1.50. The van der Waals surface area contributed by atoms with Crippen LogP contribution >= 0.6 is 0 Å². The molecule has 3 rings (SSSR count). The molecule has 2 aromatic rings. The fraction of sp³-hybridized carbons (Fsp3) is 0.278. The molecule has 0 aliphatic carbocycles. The van der Waals surface area contributed by atoms with Gasteiger partial charge in [0.1, 0.15) is 5.75 Å². The molecule has 102 valence electrons. The van der Waals surface area contributed by atoms with Crippen LogP contribution in [0.2, 0.25) is 0 Å². The van der Waals surface area contributed by atoms with Crippen LogP contribution in [0.1, 0.15) is 37.8 Å². The normalized spacial score (nSPS) is 17.4. The van der Waals surface area contributed by atoms with E-state index in [0.717, 1.165) is 17.0 Å². The highest BCUT2D eigenvalue weighted by atomic mass is 16.5. The van der Waals surface area contributed by atoms with Gasteiger partial charge in [0, 0.05) is 19.1 Å². The first-order valence-electron chi connectivity index (χ1n) is 7.14. The Morgan fingerprint density at radius 3 is 2.45 bits per heavy atom. The van der Waals surface area contributed by atoms with E-state index in [9.17, 15) is 0 Å². The molecule has 20 heavy (non-hydrogen) atoms. The molecule has 0 aromatic heterocycles. The average Bonchev–Trinajstić information content (AvgIpc) is 2.46. The van der Waals surface area contributed by atoms with E-state index in [-0.39, 0.29) is 6.23 Å². The lowest BCUT2D eigenvalue weighted by Gasteiger charge is -2.23. The predicted molar refractivity (Wildman–Crippen MR) is 82.1 cm³/mol. The molecular formula is C18H20NO+. The maximum Gasteiger partial charge on any atom is 0.299 e. The van der Waals surface area contributed by atoms with E-state index in [1.165, 1.54) is 5.56 Å². The van der Waals surface area contributed by atoms with Crippen LogP contribution in [-0.4, -0.2) is 17.0 Å². The second kappa shape index (κ2) is 5.12. The summed E-state index contributed by atoms with van der Waals surface area (Å²) in [6, 6.07) is 16.7. The van der Waals surface area contributed by atoms with Gasteiger partial charge in [-0.3, -0.25) is 0 Å². The monoisotopic (exact) mass is 266 g/mol. The van der Waals surface area contributed by atoms with Gasteiger partial charge in [-0.1, -0.05) is 44.2 Å². The SMILES string of the molecule is CC(C)c1cccc2c1OC(C)[N+](c1ccccc1)=C2. The van der Waals surface area contributed by atoms with E-state index in [2.05, 4.69) is 74.0 Å². The molecule has 0 amide bonds. The molecule has 1 aliphatic heterocycles. The highest BCUT2D eigenvalue weighted by Crippen LogP contribution is 2.33. The van der Waals surface area contributed by atoms with Crippen molar-refractivity contribution < 1.29 is 9.31 Å². The van der Waals surface area contributed by atoms with Crippen molar-refractivity contribution in [2.75, 3.05) is 0 Å². The third-order valence-electron chi connectivity index (χ3n) is 3.71. The Labute approximate surface area is 120 Å². The summed E-state index contributed by atoms with van der Waals surface area (Å²) in [6.45, 7) is 6.49. The molecule has 0 N–H and O–H groups in total. The van der Waals surface area contributed by atoms with Crippen molar-refractivity contribution in [1.82, 2.24) is 0 Å². The van der Waals surface area contributed by atoms with Crippen molar-refractivity contribution >= 4 is 11.9 Å². The third kappa shape index (κ3) is 2.22. The smallest absolute Gasteiger partial charge is 0.299 e. The Balaban J connectivity index is 2.11. The van der Waals surface area contributed by atoms with Gasteiger partial charge in [0.25, 0.3) is 6.23 Å². The first-order chi connectivity index (χ1) is 9.66. The van der Waals surface area contributed by atoms with Crippen LogP contribution < -0.4 is 4.74 Å². The van der Waals surface area contributed by atoms with E-state index in [0.29, 0.717) is 5.92 Å². The Morgan fingerprint density at radius 1 is 1.00 bits per heavy atom. The number of benzene rings is 2. The van der Waals surface area contributed by atoms with Crippen molar-refractivity contribution in [1.29, 1.82) is 0 Å². The van der Waals surface area contributed by atoms with Gasteiger partial charge in [-0.25, -0.2) is 0 Å². The summed E-state index contributed by atoms with van der Waals surface area (Å²) in [5, 5.41) is 0. The minimum absolute atomic E-state index is 0.00444. The molecule has 0 radical (unpaired) electrons. The highest BCUT2D eigenvalue weighted by Gasteiger charge is 2.28. The summed E-state index contributed by atoms with van der Waals surface area (Å²) >= 11 is 0. The van der Waals surface area contributed by atoms with Crippen LogP contribution in [0, 0.1) is 0 Å². The predicted octanol–water partition coefficient (Wildman–Crippen LogP) is 4.31. The van der Waals surface area contributed by atoms with Crippen LogP contribution in [-0.2, 0) is 0 Å². The summed E-state index contributed by atoms with van der Waals surface area (Å²) in [5.41, 5.74) is 3.58. The van der Waals surface area contributed by atoms with Crippen molar-refractivity contribution in [2.24, 2.45) is 0 Å². The number of para-hydroxylation sites is 2. The summed E-state index contributed by atoms with van der Waals surface area (Å²) in [7, 11) is 0. The average molecular weight is 266 g/mol. The van der Waals surface area contributed by atoms with E-state index in [1.807, 2.05) is 6.07 Å². The van der Waals surface area contributed by atoms with Crippen molar-refractivity contribution in [3.8, 4) is 5.75 Å². The molecule has 0 saturated heterocycles. The Morgan fingerprint density at radius 2 is 1.75 bits per heavy atom. The maximum absolute atomic E-state index is 6.19. The first-order valence-corrected chi connectivity index (χ1v) is 7.14. The largest absolute Gasteiger partial charge is 0.433 e. The summed E-state index contributed by atoms with van der Waals surface area (Å²) in [4.78, 5) is 0. The van der Waals surface area contributed by atoms with Crippen molar-refractivity contribution in [3.05, 3.63) is 59.7 Å². The van der Waals surface area contributed by atoms with E-state index < -0.39 is 0 Å². The second-order valence-electron chi connectivity index (χ2n) is 5.51. The topological polar surface area (TPSA) is 12.2 Å². The zero-order valence-electron chi connectivity index (χ0n) is 12.2. The number of nitrogens with zero attached hydrogens (tertiary/aromatic N) is 1. The number of hydrogen-bond acceptors (Lipinski definition) is 1. The molecule has 1 heterocycles. The molecule has 2 nitrogen and oxygen atoms in total. The number of ether oxygens (including phenoxy) is 1. The lowest BCUT2D eigenvalue weighted by Crippen LogP contribution is -2.31. The molecule has 1 aliphatic rings. The molecule has 0 spiro atoms. The molecule has 0 fully saturated rings. The fourth-order valence-electron chi connectivity index (χ4n) is 2.63. The lowest BCUT2D eigenvalue weighted by molar-refractivity contribution is -0.522. The maximum atomic E-state index is 6.19. The van der Waals surface area contributed by atoms with E-state index in [4.69, 9.17) is 4.74 Å². The molecular weight excluding hydrogens is 246 g/mol. The zero-order chi connectivity index (χ0) is 14.1. The van der Waals surface area contributed by atoms with Gasteiger partial charge in [0.2, 0.25) is 5.69 Å². The Bertz CT molecular complexity index is 644. The molecule has 0 bridgehead atoms.